The third-order valence-electron chi connectivity index (χ3n) is 3.36. The summed E-state index contributed by atoms with van der Waals surface area (Å²) >= 11 is 0. The van der Waals surface area contributed by atoms with E-state index < -0.39 is 6.43 Å². The van der Waals surface area contributed by atoms with Crippen molar-refractivity contribution in [3.8, 4) is 11.5 Å². The van der Waals surface area contributed by atoms with Crippen LogP contribution in [-0.4, -0.2) is 20.8 Å². The maximum Gasteiger partial charge on any atom is 0.263 e. The van der Waals surface area contributed by atoms with Crippen molar-refractivity contribution >= 4 is 5.69 Å². The van der Waals surface area contributed by atoms with Crippen LogP contribution in [0.4, 0.5) is 14.5 Å². The molecular formula is C17H19F2NO2. The molecular weight excluding hydrogens is 288 g/mol. The Bertz CT molecular complexity index is 600. The zero-order valence-electron chi connectivity index (χ0n) is 12.6. The van der Waals surface area contributed by atoms with E-state index in [1.54, 1.807) is 26.4 Å². The zero-order chi connectivity index (χ0) is 15.9. The number of benzene rings is 2. The Labute approximate surface area is 128 Å². The molecule has 0 radical (unpaired) electrons. The average molecular weight is 307 g/mol. The molecule has 22 heavy (non-hydrogen) atoms. The molecule has 2 rings (SSSR count). The van der Waals surface area contributed by atoms with Crippen LogP contribution in [0.15, 0.2) is 42.5 Å². The Morgan fingerprint density at radius 3 is 2.23 bits per heavy atom. The smallest absolute Gasteiger partial charge is 0.263 e. The summed E-state index contributed by atoms with van der Waals surface area (Å²) in [6.07, 6.45) is -1.67. The van der Waals surface area contributed by atoms with Gasteiger partial charge in [-0.1, -0.05) is 24.3 Å². The Morgan fingerprint density at radius 1 is 0.955 bits per heavy atom. The lowest BCUT2D eigenvalue weighted by Gasteiger charge is -2.11. The van der Waals surface area contributed by atoms with Gasteiger partial charge in [0.15, 0.2) is 11.5 Å². The van der Waals surface area contributed by atoms with Crippen molar-refractivity contribution in [1.82, 2.24) is 0 Å². The second-order valence-electron chi connectivity index (χ2n) is 4.79. The summed E-state index contributed by atoms with van der Waals surface area (Å²) in [7, 11) is 3.18. The van der Waals surface area contributed by atoms with E-state index in [1.165, 1.54) is 12.1 Å². The number of alkyl halides is 2. The van der Waals surface area contributed by atoms with E-state index in [2.05, 4.69) is 5.32 Å². The predicted octanol–water partition coefficient (Wildman–Crippen LogP) is 4.30. The third kappa shape index (κ3) is 4.10. The van der Waals surface area contributed by atoms with Gasteiger partial charge in [-0.05, 0) is 24.1 Å². The predicted molar refractivity (Wildman–Crippen MR) is 83.1 cm³/mol. The van der Waals surface area contributed by atoms with Crippen molar-refractivity contribution in [1.29, 1.82) is 0 Å². The van der Waals surface area contributed by atoms with Crippen LogP contribution in [0.25, 0.3) is 0 Å². The summed E-state index contributed by atoms with van der Waals surface area (Å²) in [4.78, 5) is 0. The number of anilines is 1. The fourth-order valence-electron chi connectivity index (χ4n) is 2.13. The molecule has 0 saturated heterocycles. The molecule has 0 atom stereocenters. The fourth-order valence-corrected chi connectivity index (χ4v) is 2.13. The van der Waals surface area contributed by atoms with E-state index in [9.17, 15) is 8.78 Å². The van der Waals surface area contributed by atoms with Gasteiger partial charge in [0.1, 0.15) is 0 Å². The van der Waals surface area contributed by atoms with Crippen LogP contribution in [0.5, 0.6) is 11.5 Å². The molecule has 0 aliphatic carbocycles. The molecule has 3 nitrogen and oxygen atoms in total. The quantitative estimate of drug-likeness (QED) is 0.827. The summed E-state index contributed by atoms with van der Waals surface area (Å²) < 4.78 is 35.4. The van der Waals surface area contributed by atoms with Gasteiger partial charge >= 0.3 is 0 Å². The van der Waals surface area contributed by atoms with E-state index in [0.29, 0.717) is 18.0 Å². The molecule has 0 saturated carbocycles. The number of hydrogen-bond acceptors (Lipinski definition) is 3. The minimum atomic E-state index is -2.42. The van der Waals surface area contributed by atoms with Gasteiger partial charge in [-0.2, -0.15) is 0 Å². The molecule has 5 heteroatoms. The molecule has 1 N–H and O–H groups in total. The Balaban J connectivity index is 1.90. The molecule has 0 heterocycles. The van der Waals surface area contributed by atoms with Crippen LogP contribution in [-0.2, 0) is 6.42 Å². The third-order valence-corrected chi connectivity index (χ3v) is 3.36. The number of nitrogens with one attached hydrogen (secondary N) is 1. The van der Waals surface area contributed by atoms with E-state index in [1.807, 2.05) is 18.2 Å². The second kappa shape index (κ2) is 7.64. The van der Waals surface area contributed by atoms with Crippen LogP contribution in [0, 0.1) is 0 Å². The lowest BCUT2D eigenvalue weighted by Crippen LogP contribution is -2.05. The van der Waals surface area contributed by atoms with Crippen molar-refractivity contribution in [2.24, 2.45) is 0 Å². The first-order chi connectivity index (χ1) is 10.6. The molecule has 0 aliphatic heterocycles. The fraction of sp³-hybridized carbons (Fsp3) is 0.294. The first kappa shape index (κ1) is 16.1. The normalized spacial score (nSPS) is 10.6. The van der Waals surface area contributed by atoms with Crippen LogP contribution >= 0.6 is 0 Å². The van der Waals surface area contributed by atoms with Gasteiger partial charge in [0.2, 0.25) is 0 Å². The van der Waals surface area contributed by atoms with E-state index in [-0.39, 0.29) is 5.56 Å². The van der Waals surface area contributed by atoms with Gasteiger partial charge in [-0.25, -0.2) is 8.78 Å². The number of hydrogen-bond donors (Lipinski definition) is 1. The molecule has 0 aliphatic rings. The first-order valence-electron chi connectivity index (χ1n) is 6.97. The summed E-state index contributed by atoms with van der Waals surface area (Å²) in [5.74, 6) is 1.34. The Kier molecular flexibility index (Phi) is 5.58. The summed E-state index contributed by atoms with van der Waals surface area (Å²) in [6.45, 7) is 0.698. The van der Waals surface area contributed by atoms with Crippen molar-refractivity contribution in [3.05, 3.63) is 53.6 Å². The molecule has 0 aromatic heterocycles. The number of halogens is 2. The lowest BCUT2D eigenvalue weighted by molar-refractivity contribution is 0.151. The molecule has 0 bridgehead atoms. The van der Waals surface area contributed by atoms with Crippen LogP contribution in [0.1, 0.15) is 17.6 Å². The van der Waals surface area contributed by atoms with Gasteiger partial charge in [0.05, 0.1) is 14.2 Å². The molecule has 0 fully saturated rings. The highest BCUT2D eigenvalue weighted by Crippen LogP contribution is 2.29. The van der Waals surface area contributed by atoms with Gasteiger partial charge in [-0.3, -0.25) is 0 Å². The monoisotopic (exact) mass is 307 g/mol. The van der Waals surface area contributed by atoms with Crippen LogP contribution < -0.4 is 14.8 Å². The lowest BCUT2D eigenvalue weighted by atomic mass is 10.1. The highest BCUT2D eigenvalue weighted by atomic mass is 19.3. The molecule has 0 amide bonds. The summed E-state index contributed by atoms with van der Waals surface area (Å²) in [5, 5.41) is 3.27. The number of ether oxygens (including phenoxy) is 2. The molecule has 118 valence electrons. The van der Waals surface area contributed by atoms with Crippen molar-refractivity contribution in [2.75, 3.05) is 26.1 Å². The maximum atomic E-state index is 12.5. The van der Waals surface area contributed by atoms with Crippen molar-refractivity contribution in [3.63, 3.8) is 0 Å². The van der Waals surface area contributed by atoms with E-state index in [4.69, 9.17) is 9.47 Å². The first-order valence-corrected chi connectivity index (χ1v) is 6.97. The van der Waals surface area contributed by atoms with Crippen LogP contribution in [0.3, 0.4) is 0 Å². The number of rotatable bonds is 7. The Morgan fingerprint density at radius 2 is 1.64 bits per heavy atom. The summed E-state index contributed by atoms with van der Waals surface area (Å²) in [5.41, 5.74) is 1.98. The molecule has 0 unspecified atom stereocenters. The standard InChI is InChI=1S/C17H19F2NO2/c1-21-15-8-7-14(11-16(15)22-2)20-10-9-12-3-5-13(6-4-12)17(18)19/h3-8,11,17,20H,9-10H2,1-2H3. The average Bonchev–Trinajstić information content (AvgIpc) is 2.55. The maximum absolute atomic E-state index is 12.5. The topological polar surface area (TPSA) is 30.5 Å². The minimum Gasteiger partial charge on any atom is -0.493 e. The van der Waals surface area contributed by atoms with E-state index in [0.717, 1.165) is 17.7 Å². The highest BCUT2D eigenvalue weighted by Gasteiger charge is 2.06. The zero-order valence-corrected chi connectivity index (χ0v) is 12.6. The minimum absolute atomic E-state index is 0.0524. The van der Waals surface area contributed by atoms with Crippen molar-refractivity contribution < 1.29 is 18.3 Å². The Hall–Kier alpha value is -2.30. The van der Waals surface area contributed by atoms with Gasteiger partial charge < -0.3 is 14.8 Å². The largest absolute Gasteiger partial charge is 0.493 e. The van der Waals surface area contributed by atoms with Crippen molar-refractivity contribution in [2.45, 2.75) is 12.8 Å². The SMILES string of the molecule is COc1ccc(NCCc2ccc(C(F)F)cc2)cc1OC. The van der Waals surface area contributed by atoms with E-state index >= 15 is 0 Å². The number of methoxy groups -OCH3 is 2. The van der Waals surface area contributed by atoms with Crippen LogP contribution in [0.2, 0.25) is 0 Å². The van der Waals surface area contributed by atoms with Gasteiger partial charge in [0, 0.05) is 23.9 Å². The van der Waals surface area contributed by atoms with Gasteiger partial charge in [-0.15, -0.1) is 0 Å². The van der Waals surface area contributed by atoms with Gasteiger partial charge in [0.25, 0.3) is 6.43 Å². The summed E-state index contributed by atoms with van der Waals surface area (Å²) in [6, 6.07) is 12.0. The molecule has 0 spiro atoms. The second-order valence-corrected chi connectivity index (χ2v) is 4.79. The molecule has 2 aromatic carbocycles. The molecule has 2 aromatic rings. The highest BCUT2D eigenvalue weighted by molar-refractivity contribution is 5.54.